The molecule has 0 unspecified atom stereocenters. The summed E-state index contributed by atoms with van der Waals surface area (Å²) in [5.41, 5.74) is 2.79. The SMILES string of the molecule is Cc1cncc(C(=O)N[C@H]2CN(Cc3ccccc3)CC[C@@H]2CO)c1. The first-order valence-corrected chi connectivity index (χ1v) is 8.75. The Balaban J connectivity index is 1.65. The summed E-state index contributed by atoms with van der Waals surface area (Å²) in [5.74, 6) is -0.0325. The van der Waals surface area contributed by atoms with Crippen LogP contribution in [0.1, 0.15) is 27.9 Å². The van der Waals surface area contributed by atoms with Crippen LogP contribution in [0.5, 0.6) is 0 Å². The highest BCUT2D eigenvalue weighted by Crippen LogP contribution is 2.20. The lowest BCUT2D eigenvalue weighted by molar-refractivity contribution is 0.0730. The van der Waals surface area contributed by atoms with Crippen molar-refractivity contribution in [2.24, 2.45) is 5.92 Å². The van der Waals surface area contributed by atoms with Crippen molar-refractivity contribution in [3.05, 3.63) is 65.5 Å². The average molecular weight is 339 g/mol. The number of likely N-dealkylation sites (tertiary alicyclic amines) is 1. The second kappa shape index (κ2) is 8.23. The van der Waals surface area contributed by atoms with E-state index in [1.54, 1.807) is 12.4 Å². The van der Waals surface area contributed by atoms with E-state index >= 15 is 0 Å². The Morgan fingerprint density at radius 3 is 2.84 bits per heavy atom. The maximum absolute atomic E-state index is 12.5. The Hall–Kier alpha value is -2.24. The number of aromatic nitrogens is 1. The second-order valence-corrected chi connectivity index (χ2v) is 6.78. The number of carbonyl (C=O) groups excluding carboxylic acids is 1. The monoisotopic (exact) mass is 339 g/mol. The van der Waals surface area contributed by atoms with Crippen LogP contribution in [0.15, 0.2) is 48.8 Å². The number of benzene rings is 1. The van der Waals surface area contributed by atoms with Gasteiger partial charge >= 0.3 is 0 Å². The zero-order chi connectivity index (χ0) is 17.6. The van der Waals surface area contributed by atoms with Crippen molar-refractivity contribution in [2.45, 2.75) is 25.9 Å². The molecule has 0 radical (unpaired) electrons. The summed E-state index contributed by atoms with van der Waals surface area (Å²) in [4.78, 5) is 19.0. The van der Waals surface area contributed by atoms with Crippen LogP contribution in [0, 0.1) is 12.8 Å². The van der Waals surface area contributed by atoms with Gasteiger partial charge in [0.1, 0.15) is 0 Å². The van der Waals surface area contributed by atoms with Gasteiger partial charge in [0.25, 0.3) is 5.91 Å². The standard InChI is InChI=1S/C20H25N3O2/c1-15-9-18(11-21-10-15)20(25)22-19-13-23(8-7-17(19)14-24)12-16-5-3-2-4-6-16/h2-6,9-11,17,19,24H,7-8,12-14H2,1H3,(H,22,25)/t17-,19+/m1/s1. The van der Waals surface area contributed by atoms with Crippen molar-refractivity contribution in [3.8, 4) is 0 Å². The number of amides is 1. The lowest BCUT2D eigenvalue weighted by Crippen LogP contribution is -2.53. The van der Waals surface area contributed by atoms with Gasteiger partial charge in [0, 0.05) is 44.0 Å². The van der Waals surface area contributed by atoms with Gasteiger partial charge in [0.2, 0.25) is 0 Å². The number of nitrogens with zero attached hydrogens (tertiary/aromatic N) is 2. The maximum atomic E-state index is 12.5. The second-order valence-electron chi connectivity index (χ2n) is 6.78. The van der Waals surface area contributed by atoms with E-state index in [0.717, 1.165) is 31.6 Å². The van der Waals surface area contributed by atoms with Gasteiger partial charge in [-0.05, 0) is 37.1 Å². The average Bonchev–Trinajstić information content (AvgIpc) is 2.63. The molecule has 1 aromatic carbocycles. The van der Waals surface area contributed by atoms with E-state index in [-0.39, 0.29) is 24.5 Å². The van der Waals surface area contributed by atoms with E-state index in [9.17, 15) is 9.90 Å². The van der Waals surface area contributed by atoms with Crippen molar-refractivity contribution >= 4 is 5.91 Å². The molecule has 1 aliphatic rings. The van der Waals surface area contributed by atoms with Crippen molar-refractivity contribution in [1.29, 1.82) is 0 Å². The van der Waals surface area contributed by atoms with Gasteiger partial charge in [-0.25, -0.2) is 0 Å². The molecule has 132 valence electrons. The topological polar surface area (TPSA) is 65.5 Å². The lowest BCUT2D eigenvalue weighted by atomic mass is 9.91. The van der Waals surface area contributed by atoms with Gasteiger partial charge in [0.05, 0.1) is 5.56 Å². The first-order valence-electron chi connectivity index (χ1n) is 8.75. The molecule has 2 N–H and O–H groups in total. The number of aliphatic hydroxyl groups is 1. The third kappa shape index (κ3) is 4.65. The molecule has 25 heavy (non-hydrogen) atoms. The third-order valence-electron chi connectivity index (χ3n) is 4.78. The Labute approximate surface area is 148 Å². The molecule has 1 saturated heterocycles. The number of piperidine rings is 1. The highest BCUT2D eigenvalue weighted by atomic mass is 16.3. The van der Waals surface area contributed by atoms with Crippen LogP contribution in [0.3, 0.4) is 0 Å². The molecular formula is C20H25N3O2. The number of nitrogens with one attached hydrogen (secondary N) is 1. The molecule has 3 rings (SSSR count). The van der Waals surface area contributed by atoms with Gasteiger partial charge < -0.3 is 10.4 Å². The Morgan fingerprint density at radius 1 is 1.32 bits per heavy atom. The quantitative estimate of drug-likeness (QED) is 0.874. The Kier molecular flexibility index (Phi) is 5.79. The predicted octanol–water partition coefficient (Wildman–Crippen LogP) is 2.00. The van der Waals surface area contributed by atoms with Gasteiger partial charge in [-0.3, -0.25) is 14.7 Å². The van der Waals surface area contributed by atoms with Crippen LogP contribution in [-0.4, -0.2) is 46.6 Å². The Bertz CT molecular complexity index is 705. The summed E-state index contributed by atoms with van der Waals surface area (Å²) >= 11 is 0. The number of hydrogen-bond donors (Lipinski definition) is 2. The van der Waals surface area contributed by atoms with Crippen LogP contribution >= 0.6 is 0 Å². The summed E-state index contributed by atoms with van der Waals surface area (Å²) < 4.78 is 0. The summed E-state index contributed by atoms with van der Waals surface area (Å²) in [5, 5.41) is 12.8. The molecule has 1 aromatic heterocycles. The molecule has 0 aliphatic carbocycles. The number of aliphatic hydroxyl groups excluding tert-OH is 1. The van der Waals surface area contributed by atoms with Gasteiger partial charge in [0.15, 0.2) is 0 Å². The van der Waals surface area contributed by atoms with Crippen LogP contribution in [0.25, 0.3) is 0 Å². The number of rotatable bonds is 5. The number of hydrogen-bond acceptors (Lipinski definition) is 4. The van der Waals surface area contributed by atoms with E-state index in [0.29, 0.717) is 5.56 Å². The minimum Gasteiger partial charge on any atom is -0.396 e. The van der Waals surface area contributed by atoms with Gasteiger partial charge in [-0.2, -0.15) is 0 Å². The number of aryl methyl sites for hydroxylation is 1. The van der Waals surface area contributed by atoms with Gasteiger partial charge in [-0.15, -0.1) is 0 Å². The zero-order valence-corrected chi connectivity index (χ0v) is 14.6. The van der Waals surface area contributed by atoms with Crippen LogP contribution < -0.4 is 5.32 Å². The summed E-state index contributed by atoms with van der Waals surface area (Å²) in [6.07, 6.45) is 4.19. The van der Waals surface area contributed by atoms with E-state index < -0.39 is 0 Å². The van der Waals surface area contributed by atoms with E-state index in [2.05, 4.69) is 27.3 Å². The molecule has 2 aromatic rings. The maximum Gasteiger partial charge on any atom is 0.253 e. The summed E-state index contributed by atoms with van der Waals surface area (Å²) in [7, 11) is 0. The smallest absolute Gasteiger partial charge is 0.253 e. The molecule has 5 heteroatoms. The minimum atomic E-state index is -0.124. The van der Waals surface area contributed by atoms with Crippen molar-refractivity contribution in [3.63, 3.8) is 0 Å². The lowest BCUT2D eigenvalue weighted by Gasteiger charge is -2.38. The number of carbonyl (C=O) groups is 1. The third-order valence-corrected chi connectivity index (χ3v) is 4.78. The van der Waals surface area contributed by atoms with Crippen molar-refractivity contribution < 1.29 is 9.90 Å². The first kappa shape index (κ1) is 17.6. The molecule has 0 bridgehead atoms. The van der Waals surface area contributed by atoms with Gasteiger partial charge in [-0.1, -0.05) is 30.3 Å². The molecule has 0 saturated carbocycles. The zero-order valence-electron chi connectivity index (χ0n) is 14.6. The van der Waals surface area contributed by atoms with Crippen molar-refractivity contribution in [2.75, 3.05) is 19.7 Å². The largest absolute Gasteiger partial charge is 0.396 e. The minimum absolute atomic E-state index is 0.0597. The summed E-state index contributed by atoms with van der Waals surface area (Å²) in [6.45, 7) is 4.54. The highest BCUT2D eigenvalue weighted by Gasteiger charge is 2.30. The first-order chi connectivity index (χ1) is 12.2. The van der Waals surface area contributed by atoms with Crippen LogP contribution in [0.4, 0.5) is 0 Å². The molecule has 0 spiro atoms. The molecule has 1 amide bonds. The fourth-order valence-electron chi connectivity index (χ4n) is 3.37. The van der Waals surface area contributed by atoms with Crippen LogP contribution in [0.2, 0.25) is 0 Å². The predicted molar refractivity (Wildman–Crippen MR) is 97.1 cm³/mol. The van der Waals surface area contributed by atoms with E-state index in [1.165, 1.54) is 5.56 Å². The highest BCUT2D eigenvalue weighted by molar-refractivity contribution is 5.94. The molecule has 1 aliphatic heterocycles. The molecule has 2 heterocycles. The fourth-order valence-corrected chi connectivity index (χ4v) is 3.37. The molecule has 1 fully saturated rings. The summed E-state index contributed by atoms with van der Waals surface area (Å²) in [6, 6.07) is 12.1. The van der Waals surface area contributed by atoms with E-state index in [1.807, 2.05) is 31.2 Å². The van der Waals surface area contributed by atoms with Crippen LogP contribution in [-0.2, 0) is 6.54 Å². The Morgan fingerprint density at radius 2 is 2.12 bits per heavy atom. The fraction of sp³-hybridized carbons (Fsp3) is 0.400. The van der Waals surface area contributed by atoms with E-state index in [4.69, 9.17) is 0 Å². The number of pyridine rings is 1. The molecule has 5 nitrogen and oxygen atoms in total. The normalized spacial score (nSPS) is 21.0. The molecule has 2 atom stereocenters. The molecular weight excluding hydrogens is 314 g/mol. The van der Waals surface area contributed by atoms with Crippen molar-refractivity contribution in [1.82, 2.24) is 15.2 Å².